The first-order valence-electron chi connectivity index (χ1n) is 6.62. The maximum Gasteiger partial charge on any atom is 0.401 e. The van der Waals surface area contributed by atoms with Crippen LogP contribution in [-0.2, 0) is 13.0 Å². The lowest BCUT2D eigenvalue weighted by Crippen LogP contribution is -2.33. The van der Waals surface area contributed by atoms with Gasteiger partial charge < -0.3 is 5.32 Å². The van der Waals surface area contributed by atoms with Crippen molar-refractivity contribution in [2.24, 2.45) is 0 Å². The van der Waals surface area contributed by atoms with Crippen LogP contribution in [0.5, 0.6) is 0 Å². The quantitative estimate of drug-likeness (QED) is 0.903. The molecule has 0 atom stereocenters. The van der Waals surface area contributed by atoms with Crippen molar-refractivity contribution in [2.45, 2.75) is 32.5 Å². The number of hydrogen-bond acceptors (Lipinski definition) is 2. The molecule has 0 radical (unpaired) electrons. The summed E-state index contributed by atoms with van der Waals surface area (Å²) in [6.45, 7) is 2.63. The summed E-state index contributed by atoms with van der Waals surface area (Å²) in [5, 5.41) is 3.30. The summed E-state index contributed by atoms with van der Waals surface area (Å²) in [4.78, 5) is 1.41. The van der Waals surface area contributed by atoms with Crippen molar-refractivity contribution in [3.63, 3.8) is 0 Å². The molecule has 0 saturated heterocycles. The molecule has 1 aromatic carbocycles. The molecule has 0 bridgehead atoms. The lowest BCUT2D eigenvalue weighted by Gasteiger charge is -2.23. The molecule has 0 spiro atoms. The molecule has 1 aliphatic rings. The first-order valence-corrected chi connectivity index (χ1v) is 6.62. The number of nitrogens with one attached hydrogen (secondary N) is 1. The summed E-state index contributed by atoms with van der Waals surface area (Å²) in [6, 6.07) is 5.92. The van der Waals surface area contributed by atoms with Crippen LogP contribution in [0.15, 0.2) is 18.2 Å². The van der Waals surface area contributed by atoms with Crippen molar-refractivity contribution < 1.29 is 13.2 Å². The molecule has 5 heteroatoms. The fourth-order valence-electron chi connectivity index (χ4n) is 2.42. The first-order chi connectivity index (χ1) is 8.98. The van der Waals surface area contributed by atoms with Crippen molar-refractivity contribution in [1.82, 2.24) is 4.90 Å². The average molecular weight is 272 g/mol. The Morgan fingerprint density at radius 3 is 2.79 bits per heavy atom. The molecule has 1 aromatic rings. The summed E-state index contributed by atoms with van der Waals surface area (Å²) < 4.78 is 37.3. The molecule has 19 heavy (non-hydrogen) atoms. The Balaban J connectivity index is 2.05. The van der Waals surface area contributed by atoms with Crippen LogP contribution < -0.4 is 5.32 Å². The van der Waals surface area contributed by atoms with E-state index in [1.165, 1.54) is 10.5 Å². The summed E-state index contributed by atoms with van der Waals surface area (Å²) in [5.74, 6) is 0. The molecule has 0 amide bonds. The van der Waals surface area contributed by atoms with E-state index in [-0.39, 0.29) is 0 Å². The third-order valence-electron chi connectivity index (χ3n) is 3.36. The Bertz CT molecular complexity index is 429. The van der Waals surface area contributed by atoms with Gasteiger partial charge in [0.05, 0.1) is 6.54 Å². The number of anilines is 1. The number of nitrogens with zero attached hydrogens (tertiary/aromatic N) is 1. The van der Waals surface area contributed by atoms with Crippen molar-refractivity contribution in [2.75, 3.05) is 25.0 Å². The van der Waals surface area contributed by atoms with Crippen LogP contribution in [0.25, 0.3) is 0 Å². The molecule has 0 fully saturated rings. The van der Waals surface area contributed by atoms with Gasteiger partial charge in [-0.15, -0.1) is 0 Å². The monoisotopic (exact) mass is 272 g/mol. The van der Waals surface area contributed by atoms with E-state index in [4.69, 9.17) is 0 Å². The molecule has 0 unspecified atom stereocenters. The second-order valence-corrected chi connectivity index (χ2v) is 4.94. The maximum atomic E-state index is 12.4. The highest BCUT2D eigenvalue weighted by atomic mass is 19.4. The van der Waals surface area contributed by atoms with E-state index in [0.29, 0.717) is 13.1 Å². The van der Waals surface area contributed by atoms with E-state index in [2.05, 4.69) is 5.32 Å². The third-order valence-corrected chi connectivity index (χ3v) is 3.36. The van der Waals surface area contributed by atoms with Crippen LogP contribution in [0.1, 0.15) is 24.5 Å². The minimum atomic E-state index is -4.13. The average Bonchev–Trinajstić information content (AvgIpc) is 2.36. The number of benzene rings is 1. The van der Waals surface area contributed by atoms with E-state index in [1.807, 2.05) is 18.2 Å². The summed E-state index contributed by atoms with van der Waals surface area (Å²) in [6.07, 6.45) is -2.05. The molecule has 0 aromatic heterocycles. The summed E-state index contributed by atoms with van der Waals surface area (Å²) >= 11 is 0. The van der Waals surface area contributed by atoms with Gasteiger partial charge in [0, 0.05) is 18.8 Å². The number of halogens is 3. The van der Waals surface area contributed by atoms with Crippen molar-refractivity contribution in [1.29, 1.82) is 0 Å². The SMILES string of the molecule is CCN(Cc1ccc2c(c1)CCCN2)CC(F)(F)F. The Morgan fingerprint density at radius 2 is 2.11 bits per heavy atom. The van der Waals surface area contributed by atoms with Gasteiger partial charge in [-0.05, 0) is 36.6 Å². The number of hydrogen-bond donors (Lipinski definition) is 1. The van der Waals surface area contributed by atoms with Gasteiger partial charge in [-0.1, -0.05) is 19.1 Å². The summed E-state index contributed by atoms with van der Waals surface area (Å²) in [5.41, 5.74) is 3.29. The van der Waals surface area contributed by atoms with E-state index in [1.54, 1.807) is 6.92 Å². The minimum absolute atomic E-state index is 0.350. The number of alkyl halides is 3. The lowest BCUT2D eigenvalue weighted by atomic mass is 10.0. The Kier molecular flexibility index (Phi) is 4.34. The fraction of sp³-hybridized carbons (Fsp3) is 0.571. The first kappa shape index (κ1) is 14.2. The van der Waals surface area contributed by atoms with Gasteiger partial charge in [-0.25, -0.2) is 0 Å². The van der Waals surface area contributed by atoms with Crippen LogP contribution in [0.4, 0.5) is 18.9 Å². The van der Waals surface area contributed by atoms with E-state index in [9.17, 15) is 13.2 Å². The molecule has 106 valence electrons. The van der Waals surface area contributed by atoms with Crippen molar-refractivity contribution in [3.05, 3.63) is 29.3 Å². The molecule has 1 aliphatic heterocycles. The fourth-order valence-corrected chi connectivity index (χ4v) is 2.42. The second kappa shape index (κ2) is 5.82. The smallest absolute Gasteiger partial charge is 0.385 e. The molecular formula is C14H19F3N2. The molecule has 1 heterocycles. The molecule has 0 aliphatic carbocycles. The highest BCUT2D eigenvalue weighted by Gasteiger charge is 2.30. The minimum Gasteiger partial charge on any atom is -0.385 e. The van der Waals surface area contributed by atoms with Gasteiger partial charge in [0.15, 0.2) is 0 Å². The van der Waals surface area contributed by atoms with Gasteiger partial charge in [-0.2, -0.15) is 13.2 Å². The Morgan fingerprint density at radius 1 is 1.32 bits per heavy atom. The van der Waals surface area contributed by atoms with E-state index >= 15 is 0 Å². The third kappa shape index (κ3) is 4.13. The number of fused-ring (bicyclic) bond motifs is 1. The second-order valence-electron chi connectivity index (χ2n) is 4.94. The van der Waals surface area contributed by atoms with Crippen LogP contribution >= 0.6 is 0 Å². The molecular weight excluding hydrogens is 253 g/mol. The molecule has 2 nitrogen and oxygen atoms in total. The Labute approximate surface area is 111 Å². The van der Waals surface area contributed by atoms with Gasteiger partial charge in [-0.3, -0.25) is 4.90 Å². The normalized spacial score (nSPS) is 15.2. The predicted octanol–water partition coefficient (Wildman–Crippen LogP) is 3.43. The van der Waals surface area contributed by atoms with Crippen molar-refractivity contribution >= 4 is 5.69 Å². The van der Waals surface area contributed by atoms with Crippen LogP contribution in [0.2, 0.25) is 0 Å². The Hall–Kier alpha value is -1.23. The standard InChI is InChI=1S/C14H19F3N2/c1-2-19(10-14(15,16)17)9-11-5-6-13-12(8-11)4-3-7-18-13/h5-6,8,18H,2-4,7,9-10H2,1H3. The van der Waals surface area contributed by atoms with Gasteiger partial charge in [0.2, 0.25) is 0 Å². The topological polar surface area (TPSA) is 15.3 Å². The number of aryl methyl sites for hydroxylation is 1. The van der Waals surface area contributed by atoms with Crippen LogP contribution in [0.3, 0.4) is 0 Å². The summed E-state index contributed by atoms with van der Waals surface area (Å²) in [7, 11) is 0. The van der Waals surface area contributed by atoms with Crippen LogP contribution in [0, 0.1) is 0 Å². The van der Waals surface area contributed by atoms with Crippen LogP contribution in [-0.4, -0.2) is 30.7 Å². The predicted molar refractivity (Wildman–Crippen MR) is 70.3 cm³/mol. The van der Waals surface area contributed by atoms with E-state index in [0.717, 1.165) is 30.6 Å². The molecule has 2 rings (SSSR count). The lowest BCUT2D eigenvalue weighted by molar-refractivity contribution is -0.146. The maximum absolute atomic E-state index is 12.4. The van der Waals surface area contributed by atoms with Crippen molar-refractivity contribution in [3.8, 4) is 0 Å². The van der Waals surface area contributed by atoms with E-state index < -0.39 is 12.7 Å². The molecule has 0 saturated carbocycles. The zero-order chi connectivity index (χ0) is 13.9. The molecule has 1 N–H and O–H groups in total. The zero-order valence-corrected chi connectivity index (χ0v) is 11.1. The zero-order valence-electron chi connectivity index (χ0n) is 11.1. The largest absolute Gasteiger partial charge is 0.401 e. The number of rotatable bonds is 4. The van der Waals surface area contributed by atoms with Gasteiger partial charge >= 0.3 is 6.18 Å². The van der Waals surface area contributed by atoms with Gasteiger partial charge in [0.1, 0.15) is 0 Å². The van der Waals surface area contributed by atoms with Gasteiger partial charge in [0.25, 0.3) is 0 Å². The highest BCUT2D eigenvalue weighted by molar-refractivity contribution is 5.54. The highest BCUT2D eigenvalue weighted by Crippen LogP contribution is 2.24.